The number of nitrogens with zero attached hydrogens (tertiary/aromatic N) is 4. The van der Waals surface area contributed by atoms with E-state index in [2.05, 4.69) is 44.8 Å². The van der Waals surface area contributed by atoms with Gasteiger partial charge in [0, 0.05) is 25.3 Å². The van der Waals surface area contributed by atoms with Crippen LogP contribution in [-0.2, 0) is 16.0 Å². The topological polar surface area (TPSA) is 126 Å². The van der Waals surface area contributed by atoms with E-state index < -0.39 is 11.5 Å². The average Bonchev–Trinajstić information content (AvgIpc) is 3.18. The minimum atomic E-state index is -0.547. The number of ether oxygens (including phenoxy) is 2. The van der Waals surface area contributed by atoms with Gasteiger partial charge in [-0.25, -0.2) is 4.79 Å². The number of hydrogen-bond donors (Lipinski definition) is 1. The SMILES string of the molecule is CCCCCCCCCCC(CCCCCCCC)COCCCn1c(O)c(C#N)c(C)c(N=Nc2ccccc2C(=O)OC2CC(C)CCC2C(C)C)c1=O. The van der Waals surface area contributed by atoms with Gasteiger partial charge in [0.25, 0.3) is 5.56 Å². The van der Waals surface area contributed by atoms with Gasteiger partial charge in [0.05, 0.1) is 5.56 Å². The molecule has 312 valence electrons. The second-order valence-electron chi connectivity index (χ2n) is 16.8. The van der Waals surface area contributed by atoms with Gasteiger partial charge >= 0.3 is 5.97 Å². The lowest BCUT2D eigenvalue weighted by atomic mass is 9.75. The molecule has 3 rings (SSSR count). The van der Waals surface area contributed by atoms with Crippen molar-refractivity contribution in [2.24, 2.45) is 33.9 Å². The van der Waals surface area contributed by atoms with Crippen LogP contribution in [0.15, 0.2) is 39.3 Å². The van der Waals surface area contributed by atoms with Gasteiger partial charge in [0.15, 0.2) is 5.69 Å². The van der Waals surface area contributed by atoms with E-state index in [9.17, 15) is 20.0 Å². The van der Waals surface area contributed by atoms with Crippen LogP contribution in [0.3, 0.4) is 0 Å². The number of carbonyl (C=O) groups is 1. The highest BCUT2D eigenvalue weighted by Crippen LogP contribution is 2.36. The van der Waals surface area contributed by atoms with Crippen molar-refractivity contribution in [3.8, 4) is 11.9 Å². The summed E-state index contributed by atoms with van der Waals surface area (Å²) in [6.07, 6.45) is 23.9. The Morgan fingerprint density at radius 3 is 2.12 bits per heavy atom. The maximum atomic E-state index is 13.7. The molecule has 0 radical (unpaired) electrons. The van der Waals surface area contributed by atoms with Crippen molar-refractivity contribution < 1.29 is 19.4 Å². The average molecular weight is 775 g/mol. The second kappa shape index (κ2) is 26.4. The summed E-state index contributed by atoms with van der Waals surface area (Å²) < 4.78 is 13.5. The Labute approximate surface area is 338 Å². The number of nitriles is 1. The molecule has 0 spiro atoms. The van der Waals surface area contributed by atoms with Crippen LogP contribution in [0.4, 0.5) is 11.4 Å². The predicted octanol–water partition coefficient (Wildman–Crippen LogP) is 13.1. The van der Waals surface area contributed by atoms with E-state index in [-0.39, 0.29) is 46.6 Å². The van der Waals surface area contributed by atoms with Gasteiger partial charge in [0.1, 0.15) is 23.4 Å². The van der Waals surface area contributed by atoms with Crippen molar-refractivity contribution in [1.82, 2.24) is 4.57 Å². The van der Waals surface area contributed by atoms with Gasteiger partial charge in [0.2, 0.25) is 5.88 Å². The molecule has 56 heavy (non-hydrogen) atoms. The van der Waals surface area contributed by atoms with Crippen LogP contribution in [0.1, 0.15) is 185 Å². The maximum Gasteiger partial charge on any atom is 0.340 e. The Morgan fingerprint density at radius 2 is 1.52 bits per heavy atom. The molecule has 1 aliphatic carbocycles. The highest BCUT2D eigenvalue weighted by atomic mass is 16.5. The molecule has 1 heterocycles. The van der Waals surface area contributed by atoms with Crippen LogP contribution in [-0.4, -0.2) is 35.0 Å². The van der Waals surface area contributed by atoms with Crippen molar-refractivity contribution in [3.05, 3.63) is 51.3 Å². The van der Waals surface area contributed by atoms with Crippen LogP contribution in [0.25, 0.3) is 0 Å². The van der Waals surface area contributed by atoms with Crippen LogP contribution < -0.4 is 5.56 Å². The zero-order valence-electron chi connectivity index (χ0n) is 35.8. The lowest BCUT2D eigenvalue weighted by molar-refractivity contribution is -0.0173. The normalized spacial score (nSPS) is 17.7. The Hall–Kier alpha value is -3.51. The summed E-state index contributed by atoms with van der Waals surface area (Å²) in [6.45, 7) is 13.9. The molecule has 0 amide bonds. The first-order chi connectivity index (χ1) is 27.1. The van der Waals surface area contributed by atoms with Crippen molar-refractivity contribution in [3.63, 3.8) is 0 Å². The molecular weight excluding hydrogens is 701 g/mol. The summed E-state index contributed by atoms with van der Waals surface area (Å²) in [7, 11) is 0. The van der Waals surface area contributed by atoms with E-state index in [4.69, 9.17) is 9.47 Å². The monoisotopic (exact) mass is 775 g/mol. The van der Waals surface area contributed by atoms with Crippen LogP contribution in [0.5, 0.6) is 5.88 Å². The molecule has 0 bridgehead atoms. The summed E-state index contributed by atoms with van der Waals surface area (Å²) in [5, 5.41) is 29.6. The van der Waals surface area contributed by atoms with Crippen molar-refractivity contribution in [1.29, 1.82) is 5.26 Å². The number of aromatic hydroxyl groups is 1. The maximum absolute atomic E-state index is 13.7. The number of unbranched alkanes of at least 4 members (excludes halogenated alkanes) is 12. The zero-order valence-corrected chi connectivity index (χ0v) is 35.8. The zero-order chi connectivity index (χ0) is 40.7. The Balaban J connectivity index is 1.65. The summed E-state index contributed by atoms with van der Waals surface area (Å²) in [5.74, 6) is 0.853. The van der Waals surface area contributed by atoms with Crippen molar-refractivity contribution in [2.45, 2.75) is 183 Å². The van der Waals surface area contributed by atoms with E-state index in [1.165, 1.54) is 107 Å². The molecule has 2 aromatic rings. The van der Waals surface area contributed by atoms with E-state index in [1.807, 2.05) is 6.07 Å². The van der Waals surface area contributed by atoms with Gasteiger partial charge < -0.3 is 14.6 Å². The highest BCUT2D eigenvalue weighted by molar-refractivity contribution is 5.94. The van der Waals surface area contributed by atoms with Gasteiger partial charge in [-0.05, 0) is 74.8 Å². The third-order valence-electron chi connectivity index (χ3n) is 11.8. The van der Waals surface area contributed by atoms with E-state index in [0.29, 0.717) is 43.3 Å². The number of azo groups is 1. The number of hydrogen-bond acceptors (Lipinski definition) is 8. The first-order valence-corrected chi connectivity index (χ1v) is 22.3. The number of rotatable bonds is 27. The molecule has 1 aromatic heterocycles. The molecule has 4 atom stereocenters. The molecule has 0 saturated heterocycles. The molecule has 1 aromatic carbocycles. The number of carbonyl (C=O) groups excluding carboxylic acids is 1. The smallest absolute Gasteiger partial charge is 0.340 e. The first-order valence-electron chi connectivity index (χ1n) is 22.3. The van der Waals surface area contributed by atoms with Crippen LogP contribution in [0, 0.1) is 41.9 Å². The fourth-order valence-electron chi connectivity index (χ4n) is 8.22. The quantitative estimate of drug-likeness (QED) is 0.0547. The van der Waals surface area contributed by atoms with Crippen LogP contribution >= 0.6 is 0 Å². The minimum absolute atomic E-state index is 0.0253. The standard InChI is InChI=1S/C47H74N4O5/c1-7-9-11-13-15-16-18-20-25-38(24-19-17-14-12-10-8-2)34-55-31-23-30-51-45(52)41(33-48)37(6)44(46(51)53)50-49-42-27-22-21-26-40(42)47(54)56-43-32-36(5)28-29-39(43)35(3)4/h21-22,26-27,35-36,38-39,43,52H,7-20,23-25,28-32,34H2,1-6H3. The lowest BCUT2D eigenvalue weighted by Gasteiger charge is -2.36. The van der Waals surface area contributed by atoms with Crippen molar-refractivity contribution >= 4 is 17.3 Å². The Morgan fingerprint density at radius 1 is 0.911 bits per heavy atom. The number of aromatic nitrogens is 1. The number of pyridine rings is 1. The molecule has 1 N–H and O–H groups in total. The number of benzene rings is 1. The van der Waals surface area contributed by atoms with Gasteiger partial charge in [-0.2, -0.15) is 5.26 Å². The molecule has 1 saturated carbocycles. The molecular formula is C47H74N4O5. The molecule has 1 fully saturated rings. The first kappa shape index (κ1) is 46.9. The van der Waals surface area contributed by atoms with Crippen LogP contribution in [0.2, 0.25) is 0 Å². The summed E-state index contributed by atoms with van der Waals surface area (Å²) >= 11 is 0. The van der Waals surface area contributed by atoms with E-state index >= 15 is 0 Å². The Kier molecular flexibility index (Phi) is 22.1. The van der Waals surface area contributed by atoms with Gasteiger partial charge in [-0.3, -0.25) is 9.36 Å². The molecule has 9 heteroatoms. The van der Waals surface area contributed by atoms with Crippen molar-refractivity contribution in [2.75, 3.05) is 13.2 Å². The fourth-order valence-corrected chi connectivity index (χ4v) is 8.22. The second-order valence-corrected chi connectivity index (χ2v) is 16.8. The van der Waals surface area contributed by atoms with Gasteiger partial charge in [-0.1, -0.05) is 143 Å². The number of esters is 1. The summed E-state index contributed by atoms with van der Waals surface area (Å²) in [4.78, 5) is 27.3. The summed E-state index contributed by atoms with van der Waals surface area (Å²) in [5.41, 5.74) is 0.158. The van der Waals surface area contributed by atoms with E-state index in [0.717, 1.165) is 19.3 Å². The fraction of sp³-hybridized carbons (Fsp3) is 0.723. The molecule has 9 nitrogen and oxygen atoms in total. The molecule has 0 aliphatic heterocycles. The predicted molar refractivity (Wildman–Crippen MR) is 227 cm³/mol. The lowest BCUT2D eigenvalue weighted by Crippen LogP contribution is -2.35. The summed E-state index contributed by atoms with van der Waals surface area (Å²) in [6, 6.07) is 8.86. The molecule has 1 aliphatic rings. The Bertz CT molecular complexity index is 1580. The highest BCUT2D eigenvalue weighted by Gasteiger charge is 2.34. The minimum Gasteiger partial charge on any atom is -0.493 e. The van der Waals surface area contributed by atoms with Gasteiger partial charge in [-0.15, -0.1) is 10.2 Å². The molecule has 4 unspecified atom stereocenters. The third kappa shape index (κ3) is 15.4. The third-order valence-corrected chi connectivity index (χ3v) is 11.8. The largest absolute Gasteiger partial charge is 0.493 e. The van der Waals surface area contributed by atoms with E-state index in [1.54, 1.807) is 31.2 Å².